The van der Waals surface area contributed by atoms with Crippen molar-refractivity contribution in [2.45, 2.75) is 19.8 Å². The molecule has 0 amide bonds. The van der Waals surface area contributed by atoms with Gasteiger partial charge in [-0.25, -0.2) is 8.78 Å². The highest BCUT2D eigenvalue weighted by molar-refractivity contribution is 5.84. The van der Waals surface area contributed by atoms with Crippen LogP contribution in [0.1, 0.15) is 40.4 Å². The molecule has 1 aromatic carbocycles. The second kappa shape index (κ2) is 6.59. The molecule has 100 valence electrons. The Balaban J connectivity index is 3.29. The summed E-state index contributed by atoms with van der Waals surface area (Å²) in [6, 6.07) is 4.15. The van der Waals surface area contributed by atoms with Crippen LogP contribution in [0, 0.1) is 11.3 Å². The van der Waals surface area contributed by atoms with Gasteiger partial charge in [-0.05, 0) is 18.6 Å². The van der Waals surface area contributed by atoms with E-state index < -0.39 is 18.0 Å². The number of nitriles is 1. The second-order valence-corrected chi connectivity index (χ2v) is 3.61. The SMILES string of the molecule is CCOC(=O)Cc1ccc(C#N)c(C=O)c1C(F)F. The Morgan fingerprint density at radius 3 is 2.68 bits per heavy atom. The molecule has 0 aliphatic carbocycles. The van der Waals surface area contributed by atoms with Crippen molar-refractivity contribution >= 4 is 12.3 Å². The number of aldehydes is 1. The van der Waals surface area contributed by atoms with Gasteiger partial charge in [-0.1, -0.05) is 6.07 Å². The van der Waals surface area contributed by atoms with E-state index in [1.165, 1.54) is 12.1 Å². The van der Waals surface area contributed by atoms with Gasteiger partial charge in [0.1, 0.15) is 0 Å². The molecule has 0 bridgehead atoms. The van der Waals surface area contributed by atoms with Crippen molar-refractivity contribution in [1.82, 2.24) is 0 Å². The fraction of sp³-hybridized carbons (Fsp3) is 0.308. The molecule has 1 rings (SSSR count). The van der Waals surface area contributed by atoms with Crippen molar-refractivity contribution in [2.75, 3.05) is 6.61 Å². The van der Waals surface area contributed by atoms with Crippen molar-refractivity contribution in [2.24, 2.45) is 0 Å². The van der Waals surface area contributed by atoms with Crippen LogP contribution in [0.15, 0.2) is 12.1 Å². The number of alkyl halides is 2. The maximum absolute atomic E-state index is 13.0. The quantitative estimate of drug-likeness (QED) is 0.607. The molecule has 0 saturated heterocycles. The van der Waals surface area contributed by atoms with Gasteiger partial charge in [0, 0.05) is 11.1 Å². The Kier molecular flexibility index (Phi) is 5.12. The first-order valence-corrected chi connectivity index (χ1v) is 5.49. The predicted octanol–water partition coefficient (Wildman–Crippen LogP) is 2.41. The summed E-state index contributed by atoms with van der Waals surface area (Å²) >= 11 is 0. The van der Waals surface area contributed by atoms with Gasteiger partial charge >= 0.3 is 5.97 Å². The minimum absolute atomic E-state index is 0.00505. The first-order valence-electron chi connectivity index (χ1n) is 5.49. The summed E-state index contributed by atoms with van der Waals surface area (Å²) in [6.07, 6.45) is -3.10. The summed E-state index contributed by atoms with van der Waals surface area (Å²) in [5.41, 5.74) is -1.10. The zero-order valence-electron chi connectivity index (χ0n) is 10.2. The van der Waals surface area contributed by atoms with Gasteiger partial charge in [0.2, 0.25) is 0 Å². The Hall–Kier alpha value is -2.29. The third-order valence-electron chi connectivity index (χ3n) is 2.47. The van der Waals surface area contributed by atoms with Gasteiger partial charge in [0.05, 0.1) is 24.7 Å². The second-order valence-electron chi connectivity index (χ2n) is 3.61. The third kappa shape index (κ3) is 3.35. The fourth-order valence-corrected chi connectivity index (χ4v) is 1.69. The molecular weight excluding hydrogens is 256 g/mol. The minimum atomic E-state index is -2.95. The zero-order chi connectivity index (χ0) is 14.4. The van der Waals surface area contributed by atoms with Gasteiger partial charge in [0.25, 0.3) is 6.43 Å². The number of halogens is 2. The largest absolute Gasteiger partial charge is 0.466 e. The maximum atomic E-state index is 13.0. The summed E-state index contributed by atoms with van der Waals surface area (Å²) in [4.78, 5) is 22.2. The smallest absolute Gasteiger partial charge is 0.310 e. The number of carbonyl (C=O) groups is 2. The molecule has 4 nitrogen and oxygen atoms in total. The van der Waals surface area contributed by atoms with E-state index in [2.05, 4.69) is 4.74 Å². The lowest BCUT2D eigenvalue weighted by Crippen LogP contribution is -2.11. The zero-order valence-corrected chi connectivity index (χ0v) is 10.2. The monoisotopic (exact) mass is 267 g/mol. The lowest BCUT2D eigenvalue weighted by Gasteiger charge is -2.12. The summed E-state index contributed by atoms with van der Waals surface area (Å²) in [5, 5.41) is 8.77. The number of carbonyl (C=O) groups excluding carboxylic acids is 2. The van der Waals surface area contributed by atoms with Gasteiger partial charge < -0.3 is 4.74 Å². The van der Waals surface area contributed by atoms with Crippen molar-refractivity contribution in [3.05, 3.63) is 34.4 Å². The summed E-state index contributed by atoms with van der Waals surface area (Å²) in [7, 11) is 0. The third-order valence-corrected chi connectivity index (χ3v) is 2.47. The Morgan fingerprint density at radius 2 is 2.21 bits per heavy atom. The first-order chi connectivity index (χ1) is 9.04. The number of ether oxygens (including phenoxy) is 1. The number of hydrogen-bond donors (Lipinski definition) is 0. The fourth-order valence-electron chi connectivity index (χ4n) is 1.69. The Labute approximate surface area is 108 Å². The van der Waals surface area contributed by atoms with Gasteiger partial charge in [0.15, 0.2) is 6.29 Å². The molecule has 0 heterocycles. The number of nitrogens with zero attached hydrogens (tertiary/aromatic N) is 1. The van der Waals surface area contributed by atoms with E-state index in [9.17, 15) is 18.4 Å². The van der Waals surface area contributed by atoms with E-state index in [0.29, 0.717) is 0 Å². The van der Waals surface area contributed by atoms with Crippen LogP contribution in [0.4, 0.5) is 8.78 Å². The highest BCUT2D eigenvalue weighted by atomic mass is 19.3. The number of esters is 1. The molecule has 1 aromatic rings. The van der Waals surface area contributed by atoms with Crippen LogP contribution in [0.5, 0.6) is 0 Å². The normalized spacial score (nSPS) is 10.1. The van der Waals surface area contributed by atoms with Crippen molar-refractivity contribution < 1.29 is 23.1 Å². The van der Waals surface area contributed by atoms with Crippen molar-refractivity contribution in [3.8, 4) is 6.07 Å². The molecule has 0 aromatic heterocycles. The highest BCUT2D eigenvalue weighted by Crippen LogP contribution is 2.28. The van der Waals surface area contributed by atoms with Crippen molar-refractivity contribution in [1.29, 1.82) is 5.26 Å². The van der Waals surface area contributed by atoms with Crippen LogP contribution in [-0.4, -0.2) is 18.9 Å². The predicted molar refractivity (Wildman–Crippen MR) is 61.8 cm³/mol. The molecule has 0 atom stereocenters. The summed E-state index contributed by atoms with van der Waals surface area (Å²) < 4.78 is 30.7. The van der Waals surface area contributed by atoms with Crippen molar-refractivity contribution in [3.63, 3.8) is 0 Å². The highest BCUT2D eigenvalue weighted by Gasteiger charge is 2.22. The van der Waals surface area contributed by atoms with E-state index in [0.717, 1.165) is 0 Å². The molecule has 19 heavy (non-hydrogen) atoms. The van der Waals surface area contributed by atoms with E-state index in [1.54, 1.807) is 13.0 Å². The molecule has 0 aliphatic rings. The van der Waals surface area contributed by atoms with Crippen LogP contribution >= 0.6 is 0 Å². The van der Waals surface area contributed by atoms with Crippen LogP contribution in [0.25, 0.3) is 0 Å². The molecule has 0 saturated carbocycles. The van der Waals surface area contributed by atoms with Crippen LogP contribution in [0.2, 0.25) is 0 Å². The summed E-state index contributed by atoms with van der Waals surface area (Å²) in [5.74, 6) is -0.661. The van der Waals surface area contributed by atoms with E-state index in [1.807, 2.05) is 0 Å². The Morgan fingerprint density at radius 1 is 1.53 bits per heavy atom. The van der Waals surface area contributed by atoms with E-state index in [-0.39, 0.29) is 36.0 Å². The average Bonchev–Trinajstić information content (AvgIpc) is 2.37. The van der Waals surface area contributed by atoms with E-state index in [4.69, 9.17) is 5.26 Å². The number of benzene rings is 1. The lowest BCUT2D eigenvalue weighted by molar-refractivity contribution is -0.142. The molecule has 6 heteroatoms. The van der Waals surface area contributed by atoms with Gasteiger partial charge in [-0.3, -0.25) is 9.59 Å². The average molecular weight is 267 g/mol. The molecule has 0 fully saturated rings. The molecular formula is C13H11F2NO3. The number of hydrogen-bond acceptors (Lipinski definition) is 4. The molecule has 0 unspecified atom stereocenters. The Bertz CT molecular complexity index is 535. The topological polar surface area (TPSA) is 67.2 Å². The molecule has 0 radical (unpaired) electrons. The van der Waals surface area contributed by atoms with Crippen LogP contribution in [-0.2, 0) is 16.0 Å². The van der Waals surface area contributed by atoms with Gasteiger partial charge in [-0.15, -0.1) is 0 Å². The molecule has 0 aliphatic heterocycles. The number of rotatable bonds is 5. The lowest BCUT2D eigenvalue weighted by atomic mass is 9.95. The maximum Gasteiger partial charge on any atom is 0.310 e. The molecule has 0 spiro atoms. The molecule has 0 N–H and O–H groups in total. The first kappa shape index (κ1) is 14.8. The van der Waals surface area contributed by atoms with E-state index >= 15 is 0 Å². The standard InChI is InChI=1S/C13H11F2NO3/c1-2-19-11(18)5-8-3-4-9(6-16)10(7-17)12(8)13(14)15/h3-4,7,13H,2,5H2,1H3. The summed E-state index contributed by atoms with van der Waals surface area (Å²) in [6.45, 7) is 1.74. The van der Waals surface area contributed by atoms with Crippen LogP contribution in [0.3, 0.4) is 0 Å². The van der Waals surface area contributed by atoms with Gasteiger partial charge in [-0.2, -0.15) is 5.26 Å². The van der Waals surface area contributed by atoms with Crippen LogP contribution < -0.4 is 0 Å². The minimum Gasteiger partial charge on any atom is -0.466 e.